The van der Waals surface area contributed by atoms with Gasteiger partial charge in [-0.15, -0.1) is 0 Å². The highest BCUT2D eigenvalue weighted by Crippen LogP contribution is 2.33. The van der Waals surface area contributed by atoms with Crippen LogP contribution in [0, 0.1) is 11.3 Å². The van der Waals surface area contributed by atoms with Gasteiger partial charge in [0.05, 0.1) is 17.7 Å². The van der Waals surface area contributed by atoms with E-state index in [4.69, 9.17) is 5.26 Å². The Morgan fingerprint density at radius 2 is 1.66 bits per heavy atom. The summed E-state index contributed by atoms with van der Waals surface area (Å²) in [5.74, 6) is -0.168. The number of hydrogen-bond acceptors (Lipinski definition) is 4. The van der Waals surface area contributed by atoms with Crippen molar-refractivity contribution in [3.05, 3.63) is 95.1 Å². The van der Waals surface area contributed by atoms with E-state index in [0.717, 1.165) is 37.1 Å². The van der Waals surface area contributed by atoms with E-state index in [-0.39, 0.29) is 18.0 Å². The highest BCUT2D eigenvalue weighted by Gasteiger charge is 2.30. The van der Waals surface area contributed by atoms with Crippen LogP contribution >= 0.6 is 0 Å². The molecular formula is C31H33N5O2. The van der Waals surface area contributed by atoms with Crippen LogP contribution < -0.4 is 10.6 Å². The van der Waals surface area contributed by atoms with Crippen LogP contribution in [-0.4, -0.2) is 47.9 Å². The first-order valence-electron chi connectivity index (χ1n) is 13.4. The number of hydrogen-bond donors (Lipinski definition) is 2. The van der Waals surface area contributed by atoms with Crippen LogP contribution in [0.25, 0.3) is 0 Å². The first-order valence-corrected chi connectivity index (χ1v) is 13.4. The Labute approximate surface area is 224 Å². The number of carbonyl (C=O) groups excluding carboxylic acids is 2. The predicted molar refractivity (Wildman–Crippen MR) is 149 cm³/mol. The highest BCUT2D eigenvalue weighted by molar-refractivity contribution is 6.04. The molecular weight excluding hydrogens is 474 g/mol. The van der Waals surface area contributed by atoms with Gasteiger partial charge in [0.1, 0.15) is 0 Å². The average Bonchev–Trinajstić information content (AvgIpc) is 3.66. The van der Waals surface area contributed by atoms with E-state index in [9.17, 15) is 9.59 Å². The van der Waals surface area contributed by atoms with Crippen molar-refractivity contribution in [3.63, 3.8) is 0 Å². The third-order valence-electron chi connectivity index (χ3n) is 7.42. The Hall–Kier alpha value is -4.15. The van der Waals surface area contributed by atoms with Crippen molar-refractivity contribution in [1.29, 1.82) is 5.26 Å². The topological polar surface area (TPSA) is 88.5 Å². The summed E-state index contributed by atoms with van der Waals surface area (Å²) in [5, 5.41) is 15.0. The highest BCUT2D eigenvalue weighted by atomic mass is 16.2. The lowest BCUT2D eigenvalue weighted by Crippen LogP contribution is -2.34. The largest absolute Gasteiger partial charge is 0.322 e. The maximum Gasteiger partial charge on any atom is 0.322 e. The molecule has 2 aliphatic rings. The second kappa shape index (κ2) is 11.9. The van der Waals surface area contributed by atoms with Crippen molar-refractivity contribution in [2.75, 3.05) is 36.8 Å². The molecule has 0 bridgehead atoms. The molecule has 7 nitrogen and oxygen atoms in total. The van der Waals surface area contributed by atoms with Gasteiger partial charge in [0.15, 0.2) is 0 Å². The lowest BCUT2D eigenvalue weighted by atomic mass is 10.0. The number of anilines is 2. The number of amides is 3. The van der Waals surface area contributed by atoms with Gasteiger partial charge in [0.2, 0.25) is 0 Å². The smallest absolute Gasteiger partial charge is 0.322 e. The predicted octanol–water partition coefficient (Wildman–Crippen LogP) is 5.82. The van der Waals surface area contributed by atoms with Gasteiger partial charge in [-0.05, 0) is 98.8 Å². The molecule has 0 saturated carbocycles. The first-order chi connectivity index (χ1) is 18.6. The van der Waals surface area contributed by atoms with Crippen molar-refractivity contribution >= 4 is 23.3 Å². The zero-order valence-corrected chi connectivity index (χ0v) is 21.5. The first kappa shape index (κ1) is 25.5. The maximum atomic E-state index is 13.1. The molecule has 2 N–H and O–H groups in total. The Kier molecular flexibility index (Phi) is 8.01. The second-order valence-electron chi connectivity index (χ2n) is 10.0. The minimum Gasteiger partial charge on any atom is -0.322 e. The third-order valence-corrected chi connectivity index (χ3v) is 7.42. The molecule has 1 unspecified atom stereocenters. The van der Waals surface area contributed by atoms with Gasteiger partial charge in [-0.3, -0.25) is 4.79 Å². The fourth-order valence-electron chi connectivity index (χ4n) is 5.36. The van der Waals surface area contributed by atoms with Gasteiger partial charge < -0.3 is 20.4 Å². The number of nitrogens with zero attached hydrogens (tertiary/aromatic N) is 3. The normalized spacial score (nSPS) is 17.2. The summed E-state index contributed by atoms with van der Waals surface area (Å²) in [5.41, 5.74) is 4.64. The van der Waals surface area contributed by atoms with Crippen molar-refractivity contribution in [1.82, 2.24) is 9.80 Å². The molecule has 194 valence electrons. The molecule has 0 aromatic heterocycles. The molecule has 2 fully saturated rings. The summed E-state index contributed by atoms with van der Waals surface area (Å²) >= 11 is 0. The number of benzene rings is 3. The lowest BCUT2D eigenvalue weighted by molar-refractivity contribution is 0.102. The zero-order valence-electron chi connectivity index (χ0n) is 21.5. The molecule has 38 heavy (non-hydrogen) atoms. The minimum atomic E-state index is -0.206. The van der Waals surface area contributed by atoms with Crippen LogP contribution in [0.15, 0.2) is 72.8 Å². The van der Waals surface area contributed by atoms with Crippen LogP contribution in [0.5, 0.6) is 0 Å². The van der Waals surface area contributed by atoms with Gasteiger partial charge in [0.25, 0.3) is 5.91 Å². The van der Waals surface area contributed by atoms with Crippen LogP contribution in [-0.2, 0) is 6.42 Å². The molecule has 3 aromatic carbocycles. The van der Waals surface area contributed by atoms with Crippen molar-refractivity contribution in [2.24, 2.45) is 0 Å². The quantitative estimate of drug-likeness (QED) is 0.422. The van der Waals surface area contributed by atoms with Crippen LogP contribution in [0.4, 0.5) is 16.2 Å². The zero-order chi connectivity index (χ0) is 26.3. The van der Waals surface area contributed by atoms with Crippen LogP contribution in [0.3, 0.4) is 0 Å². The molecule has 2 heterocycles. The molecule has 5 rings (SSSR count). The fourth-order valence-corrected chi connectivity index (χ4v) is 5.36. The lowest BCUT2D eigenvalue weighted by Gasteiger charge is -2.25. The van der Waals surface area contributed by atoms with Crippen molar-refractivity contribution < 1.29 is 9.59 Å². The van der Waals surface area contributed by atoms with Gasteiger partial charge in [-0.25, -0.2) is 4.79 Å². The van der Waals surface area contributed by atoms with Crippen LogP contribution in [0.1, 0.15) is 58.8 Å². The van der Waals surface area contributed by atoms with E-state index in [0.29, 0.717) is 23.4 Å². The molecule has 3 aromatic rings. The SMILES string of the molecule is N#Cc1cccc(NC(=O)N2CCCC2c2cccc(C(=O)Nc3ccc(CCN4CCCC4)cc3)c2)c1. The number of carbonyl (C=O) groups is 2. The monoisotopic (exact) mass is 507 g/mol. The standard InChI is InChI=1S/C31H33N5O2/c32-22-24-6-3-9-28(20-24)34-31(38)36-18-5-10-29(36)25-7-4-8-26(21-25)30(37)33-27-13-11-23(12-14-27)15-19-35-16-1-2-17-35/h3-4,6-9,11-14,20-21,29H,1-2,5,10,15-19H2,(H,33,37)(H,34,38). The van der Waals surface area contributed by atoms with Crippen molar-refractivity contribution in [2.45, 2.75) is 38.1 Å². The number of likely N-dealkylation sites (tertiary alicyclic amines) is 2. The van der Waals surface area contributed by atoms with E-state index in [1.165, 1.54) is 31.5 Å². The summed E-state index contributed by atoms with van der Waals surface area (Å²) in [4.78, 5) is 30.4. The summed E-state index contributed by atoms with van der Waals surface area (Å²) in [7, 11) is 0. The van der Waals surface area contributed by atoms with Gasteiger partial charge in [0, 0.05) is 30.0 Å². The fraction of sp³-hybridized carbons (Fsp3) is 0.323. The van der Waals surface area contributed by atoms with Gasteiger partial charge in [-0.2, -0.15) is 5.26 Å². The Morgan fingerprint density at radius 3 is 2.45 bits per heavy atom. The summed E-state index contributed by atoms with van der Waals surface area (Å²) < 4.78 is 0. The Bertz CT molecular complexity index is 1320. The number of nitrogens with one attached hydrogen (secondary N) is 2. The summed E-state index contributed by atoms with van der Waals surface area (Å²) in [6, 6.07) is 24.3. The molecule has 1 atom stereocenters. The summed E-state index contributed by atoms with van der Waals surface area (Å²) in [6.07, 6.45) is 5.34. The van der Waals surface area contributed by atoms with Gasteiger partial charge >= 0.3 is 6.03 Å². The molecule has 2 saturated heterocycles. The Morgan fingerprint density at radius 1 is 0.868 bits per heavy atom. The number of urea groups is 1. The Balaban J connectivity index is 1.21. The molecule has 7 heteroatoms. The molecule has 0 spiro atoms. The second-order valence-corrected chi connectivity index (χ2v) is 10.0. The van der Waals surface area contributed by atoms with Gasteiger partial charge in [-0.1, -0.05) is 30.3 Å². The summed E-state index contributed by atoms with van der Waals surface area (Å²) in [6.45, 7) is 4.12. The molecule has 3 amide bonds. The van der Waals surface area contributed by atoms with E-state index in [1.54, 1.807) is 35.2 Å². The van der Waals surface area contributed by atoms with E-state index >= 15 is 0 Å². The molecule has 0 aliphatic carbocycles. The molecule has 0 radical (unpaired) electrons. The van der Waals surface area contributed by atoms with E-state index in [1.807, 2.05) is 30.3 Å². The number of nitriles is 1. The minimum absolute atomic E-state index is 0.114. The third kappa shape index (κ3) is 6.21. The average molecular weight is 508 g/mol. The van der Waals surface area contributed by atoms with Crippen molar-refractivity contribution in [3.8, 4) is 6.07 Å². The maximum absolute atomic E-state index is 13.1. The number of rotatable bonds is 7. The van der Waals surface area contributed by atoms with E-state index < -0.39 is 0 Å². The van der Waals surface area contributed by atoms with Crippen LogP contribution in [0.2, 0.25) is 0 Å². The van der Waals surface area contributed by atoms with E-state index in [2.05, 4.69) is 33.7 Å². The molecule has 2 aliphatic heterocycles.